The van der Waals surface area contributed by atoms with Gasteiger partial charge in [0.2, 0.25) is 5.91 Å². The Morgan fingerprint density at radius 3 is 2.61 bits per heavy atom. The number of aromatic nitrogens is 3. The van der Waals surface area contributed by atoms with Crippen LogP contribution in [-0.2, 0) is 18.3 Å². The van der Waals surface area contributed by atoms with Crippen molar-refractivity contribution in [2.45, 2.75) is 33.2 Å². The van der Waals surface area contributed by atoms with Crippen LogP contribution in [-0.4, -0.2) is 33.3 Å². The van der Waals surface area contributed by atoms with E-state index < -0.39 is 6.04 Å². The second-order valence-electron chi connectivity index (χ2n) is 5.22. The molecule has 0 spiro atoms. The quantitative estimate of drug-likeness (QED) is 0.826. The van der Waals surface area contributed by atoms with Crippen molar-refractivity contribution in [3.05, 3.63) is 12.2 Å². The second kappa shape index (κ2) is 6.70. The molecule has 0 unspecified atom stereocenters. The summed E-state index contributed by atoms with van der Waals surface area (Å²) in [7, 11) is 1.81. The molecule has 0 bridgehead atoms. The summed E-state index contributed by atoms with van der Waals surface area (Å²) in [5, 5.41) is 6.92. The maximum atomic E-state index is 11.7. The fourth-order valence-corrected chi connectivity index (χ4v) is 1.30. The Morgan fingerprint density at radius 2 is 2.17 bits per heavy atom. The van der Waals surface area contributed by atoms with Crippen molar-refractivity contribution in [3.8, 4) is 0 Å². The average molecular weight is 276 g/mol. The number of carbonyl (C=O) groups excluding carboxylic acids is 1. The summed E-state index contributed by atoms with van der Waals surface area (Å²) in [6.07, 6.45) is 2.25. The SMILES string of the molecule is Cl.Cn1cnc(CCNC(=O)[C@@H](N)C(C)(C)C)n1. The monoisotopic (exact) mass is 275 g/mol. The number of rotatable bonds is 4. The van der Waals surface area contributed by atoms with Crippen LogP contribution < -0.4 is 11.1 Å². The van der Waals surface area contributed by atoms with Crippen molar-refractivity contribution in [2.24, 2.45) is 18.2 Å². The number of halogens is 1. The zero-order chi connectivity index (χ0) is 13.1. The van der Waals surface area contributed by atoms with Gasteiger partial charge in [0.1, 0.15) is 6.33 Å². The fourth-order valence-electron chi connectivity index (χ4n) is 1.30. The molecule has 3 N–H and O–H groups in total. The normalized spacial score (nSPS) is 12.7. The topological polar surface area (TPSA) is 85.8 Å². The largest absolute Gasteiger partial charge is 0.354 e. The van der Waals surface area contributed by atoms with Crippen molar-refractivity contribution in [1.29, 1.82) is 0 Å². The van der Waals surface area contributed by atoms with Crippen molar-refractivity contribution in [1.82, 2.24) is 20.1 Å². The minimum atomic E-state index is -0.501. The highest BCUT2D eigenvalue weighted by Gasteiger charge is 2.26. The van der Waals surface area contributed by atoms with E-state index in [-0.39, 0.29) is 23.7 Å². The Balaban J connectivity index is 0.00000289. The van der Waals surface area contributed by atoms with Crippen LogP contribution in [0.15, 0.2) is 6.33 Å². The Kier molecular flexibility index (Phi) is 6.28. The summed E-state index contributed by atoms with van der Waals surface area (Å²) in [5.74, 6) is 0.588. The van der Waals surface area contributed by atoms with Gasteiger partial charge in [-0.15, -0.1) is 12.4 Å². The molecule has 0 saturated heterocycles. The van der Waals surface area contributed by atoms with Crippen LogP contribution >= 0.6 is 12.4 Å². The van der Waals surface area contributed by atoms with Crippen LogP contribution in [0.2, 0.25) is 0 Å². The Labute approximate surface area is 114 Å². The summed E-state index contributed by atoms with van der Waals surface area (Å²) in [6, 6.07) is -0.501. The average Bonchev–Trinajstić information content (AvgIpc) is 2.61. The molecule has 7 heteroatoms. The summed E-state index contributed by atoms with van der Waals surface area (Å²) in [4.78, 5) is 15.8. The Bertz CT molecular complexity index is 385. The van der Waals surface area contributed by atoms with E-state index in [1.54, 1.807) is 11.0 Å². The van der Waals surface area contributed by atoms with Gasteiger partial charge in [-0.1, -0.05) is 20.8 Å². The third kappa shape index (κ3) is 5.01. The molecule has 1 rings (SSSR count). The molecule has 0 aromatic carbocycles. The highest BCUT2D eigenvalue weighted by molar-refractivity contribution is 5.85. The lowest BCUT2D eigenvalue weighted by Crippen LogP contribution is -2.49. The minimum Gasteiger partial charge on any atom is -0.354 e. The number of aryl methyl sites for hydroxylation is 1. The Hall–Kier alpha value is -1.14. The molecule has 0 aliphatic rings. The predicted molar refractivity (Wildman–Crippen MR) is 72.4 cm³/mol. The van der Waals surface area contributed by atoms with Crippen molar-refractivity contribution < 1.29 is 4.79 Å². The first kappa shape index (κ1) is 16.9. The Morgan fingerprint density at radius 1 is 1.56 bits per heavy atom. The number of carbonyl (C=O) groups is 1. The number of hydrogen-bond acceptors (Lipinski definition) is 4. The first-order chi connectivity index (χ1) is 7.80. The van der Waals surface area contributed by atoms with Gasteiger partial charge in [0, 0.05) is 20.0 Å². The third-order valence-electron chi connectivity index (χ3n) is 2.51. The second-order valence-corrected chi connectivity index (χ2v) is 5.22. The third-order valence-corrected chi connectivity index (χ3v) is 2.51. The van der Waals surface area contributed by atoms with Crippen LogP contribution in [0.1, 0.15) is 26.6 Å². The van der Waals surface area contributed by atoms with Crippen LogP contribution in [0.3, 0.4) is 0 Å². The van der Waals surface area contributed by atoms with Crippen LogP contribution in [0, 0.1) is 5.41 Å². The maximum Gasteiger partial charge on any atom is 0.237 e. The number of amides is 1. The summed E-state index contributed by atoms with van der Waals surface area (Å²) < 4.78 is 1.64. The molecule has 0 fully saturated rings. The van der Waals surface area contributed by atoms with Gasteiger partial charge >= 0.3 is 0 Å². The molecular weight excluding hydrogens is 254 g/mol. The smallest absolute Gasteiger partial charge is 0.237 e. The molecule has 0 aliphatic heterocycles. The summed E-state index contributed by atoms with van der Waals surface area (Å²) >= 11 is 0. The van der Waals surface area contributed by atoms with Crippen molar-refractivity contribution in [2.75, 3.05) is 6.54 Å². The van der Waals surface area contributed by atoms with Gasteiger partial charge in [-0.2, -0.15) is 5.10 Å². The lowest BCUT2D eigenvalue weighted by molar-refractivity contribution is -0.124. The number of nitrogens with zero attached hydrogens (tertiary/aromatic N) is 3. The van der Waals surface area contributed by atoms with Gasteiger partial charge < -0.3 is 11.1 Å². The fraction of sp³-hybridized carbons (Fsp3) is 0.727. The standard InChI is InChI=1S/C11H21N5O.ClH/c1-11(2,3)9(12)10(17)13-6-5-8-14-7-16(4)15-8;/h7,9H,5-6,12H2,1-4H3,(H,13,17);1H/t9-;/m1./s1. The molecule has 1 heterocycles. The van der Waals surface area contributed by atoms with Gasteiger partial charge in [0.05, 0.1) is 6.04 Å². The highest BCUT2D eigenvalue weighted by atomic mass is 35.5. The van der Waals surface area contributed by atoms with Gasteiger partial charge in [0.15, 0.2) is 5.82 Å². The van der Waals surface area contributed by atoms with Gasteiger partial charge in [0.25, 0.3) is 0 Å². The molecule has 1 amide bonds. The molecule has 0 radical (unpaired) electrons. The molecule has 6 nitrogen and oxygen atoms in total. The zero-order valence-electron chi connectivity index (χ0n) is 11.3. The number of nitrogens with one attached hydrogen (secondary N) is 1. The molecular formula is C11H22ClN5O. The van der Waals surface area contributed by atoms with Crippen molar-refractivity contribution >= 4 is 18.3 Å². The van der Waals surface area contributed by atoms with E-state index in [4.69, 9.17) is 5.73 Å². The molecule has 104 valence electrons. The molecule has 1 aromatic rings. The van der Waals surface area contributed by atoms with E-state index >= 15 is 0 Å². The number of nitrogens with two attached hydrogens (primary N) is 1. The van der Waals surface area contributed by atoms with E-state index in [9.17, 15) is 4.79 Å². The molecule has 1 atom stereocenters. The van der Waals surface area contributed by atoms with E-state index in [0.717, 1.165) is 5.82 Å². The first-order valence-electron chi connectivity index (χ1n) is 5.68. The van der Waals surface area contributed by atoms with Gasteiger partial charge in [-0.3, -0.25) is 9.48 Å². The zero-order valence-corrected chi connectivity index (χ0v) is 12.1. The highest BCUT2D eigenvalue weighted by Crippen LogP contribution is 2.16. The lowest BCUT2D eigenvalue weighted by atomic mass is 9.87. The van der Waals surface area contributed by atoms with Crippen LogP contribution in [0.5, 0.6) is 0 Å². The molecule has 0 aliphatic carbocycles. The van der Waals surface area contributed by atoms with Crippen LogP contribution in [0.25, 0.3) is 0 Å². The molecule has 0 saturated carbocycles. The van der Waals surface area contributed by atoms with E-state index in [2.05, 4.69) is 15.4 Å². The minimum absolute atomic E-state index is 0. The van der Waals surface area contributed by atoms with E-state index in [1.807, 2.05) is 27.8 Å². The molecule has 1 aromatic heterocycles. The van der Waals surface area contributed by atoms with Crippen molar-refractivity contribution in [3.63, 3.8) is 0 Å². The van der Waals surface area contributed by atoms with Gasteiger partial charge in [-0.25, -0.2) is 4.98 Å². The van der Waals surface area contributed by atoms with E-state index in [1.165, 1.54) is 0 Å². The predicted octanol–water partition coefficient (Wildman–Crippen LogP) is 0.269. The van der Waals surface area contributed by atoms with E-state index in [0.29, 0.717) is 13.0 Å². The summed E-state index contributed by atoms with van der Waals surface area (Å²) in [6.45, 7) is 6.33. The van der Waals surface area contributed by atoms with Crippen LogP contribution in [0.4, 0.5) is 0 Å². The molecule has 18 heavy (non-hydrogen) atoms. The summed E-state index contributed by atoms with van der Waals surface area (Å²) in [5.41, 5.74) is 5.60. The first-order valence-corrected chi connectivity index (χ1v) is 5.68. The van der Waals surface area contributed by atoms with Gasteiger partial charge in [-0.05, 0) is 5.41 Å². The maximum absolute atomic E-state index is 11.7. The number of hydrogen-bond donors (Lipinski definition) is 2. The lowest BCUT2D eigenvalue weighted by Gasteiger charge is -2.25.